The maximum Gasteiger partial charge on any atom is 0.164 e. The van der Waals surface area contributed by atoms with Gasteiger partial charge in [0.25, 0.3) is 0 Å². The average molecular weight is 329 g/mol. The second kappa shape index (κ2) is 7.13. The molecule has 0 bridgehead atoms. The van der Waals surface area contributed by atoms with Crippen LogP contribution >= 0.6 is 11.8 Å². The average Bonchev–Trinajstić information content (AvgIpc) is 2.48. The molecule has 6 heteroatoms. The third kappa shape index (κ3) is 3.80. The van der Waals surface area contributed by atoms with Crippen molar-refractivity contribution in [3.05, 3.63) is 35.4 Å². The van der Waals surface area contributed by atoms with Gasteiger partial charge in [0, 0.05) is 36.9 Å². The van der Waals surface area contributed by atoms with Crippen LogP contribution in [0.1, 0.15) is 24.1 Å². The molecule has 1 fully saturated rings. The van der Waals surface area contributed by atoms with Crippen LogP contribution in [-0.2, 0) is 16.3 Å². The summed E-state index contributed by atoms with van der Waals surface area (Å²) >= 11 is 1.71. The molecule has 0 saturated carbocycles. The molecular formula is C15H24N2O2S2. The van der Waals surface area contributed by atoms with Gasteiger partial charge in [0.1, 0.15) is 5.37 Å². The minimum Gasteiger partial charge on any atom is -0.329 e. The van der Waals surface area contributed by atoms with E-state index in [1.807, 2.05) is 12.1 Å². The van der Waals surface area contributed by atoms with E-state index in [0.717, 1.165) is 18.7 Å². The standard InChI is InChI=1S/C15H24N2O2S2/c1-3-12-6-4-5-7-13(12)14(10-16)17-8-9-20-11-15(17)21(2,18)19/h4-7,14-15H,3,8-11,16H2,1-2H3. The van der Waals surface area contributed by atoms with Crippen LogP contribution in [0.15, 0.2) is 24.3 Å². The zero-order valence-corrected chi connectivity index (χ0v) is 14.3. The van der Waals surface area contributed by atoms with E-state index in [9.17, 15) is 8.42 Å². The highest BCUT2D eigenvalue weighted by atomic mass is 32.2. The van der Waals surface area contributed by atoms with E-state index >= 15 is 0 Å². The predicted molar refractivity (Wildman–Crippen MR) is 90.3 cm³/mol. The van der Waals surface area contributed by atoms with Crippen molar-refractivity contribution in [2.45, 2.75) is 24.8 Å². The maximum atomic E-state index is 12.1. The van der Waals surface area contributed by atoms with Crippen LogP contribution < -0.4 is 5.73 Å². The summed E-state index contributed by atoms with van der Waals surface area (Å²) in [6.45, 7) is 3.32. The molecule has 0 radical (unpaired) electrons. The van der Waals surface area contributed by atoms with Gasteiger partial charge in [0.2, 0.25) is 0 Å². The topological polar surface area (TPSA) is 63.4 Å². The Bertz CT molecular complexity index is 575. The Morgan fingerprint density at radius 1 is 1.43 bits per heavy atom. The first-order chi connectivity index (χ1) is 9.99. The predicted octanol–water partition coefficient (Wildman–Crippen LogP) is 1.67. The third-order valence-electron chi connectivity index (χ3n) is 4.04. The highest BCUT2D eigenvalue weighted by Crippen LogP contribution is 2.31. The maximum absolute atomic E-state index is 12.1. The quantitative estimate of drug-likeness (QED) is 0.891. The first-order valence-electron chi connectivity index (χ1n) is 7.29. The summed E-state index contributed by atoms with van der Waals surface area (Å²) in [4.78, 5) is 2.08. The third-order valence-corrected chi connectivity index (χ3v) is 6.70. The Hall–Kier alpha value is -0.560. The Labute approximate surface area is 132 Å². The van der Waals surface area contributed by atoms with Gasteiger partial charge in [-0.2, -0.15) is 11.8 Å². The number of aryl methyl sites for hydroxylation is 1. The van der Waals surface area contributed by atoms with E-state index in [0.29, 0.717) is 12.3 Å². The summed E-state index contributed by atoms with van der Waals surface area (Å²) in [7, 11) is -3.11. The van der Waals surface area contributed by atoms with Crippen LogP contribution in [0.5, 0.6) is 0 Å². The van der Waals surface area contributed by atoms with Gasteiger partial charge >= 0.3 is 0 Å². The largest absolute Gasteiger partial charge is 0.329 e. The second-order valence-corrected chi connectivity index (χ2v) is 8.75. The Morgan fingerprint density at radius 3 is 2.76 bits per heavy atom. The molecule has 2 atom stereocenters. The van der Waals surface area contributed by atoms with Crippen molar-refractivity contribution in [1.29, 1.82) is 0 Å². The van der Waals surface area contributed by atoms with Crippen LogP contribution in [0, 0.1) is 0 Å². The molecule has 0 spiro atoms. The number of nitrogens with two attached hydrogens (primary N) is 1. The Morgan fingerprint density at radius 2 is 2.14 bits per heavy atom. The number of sulfone groups is 1. The number of nitrogens with zero attached hydrogens (tertiary/aromatic N) is 1. The van der Waals surface area contributed by atoms with E-state index in [1.165, 1.54) is 17.4 Å². The lowest BCUT2D eigenvalue weighted by Gasteiger charge is -2.40. The Kier molecular flexibility index (Phi) is 5.71. The number of hydrogen-bond acceptors (Lipinski definition) is 5. The molecule has 4 nitrogen and oxygen atoms in total. The van der Waals surface area contributed by atoms with Gasteiger partial charge in [-0.25, -0.2) is 8.42 Å². The lowest BCUT2D eigenvalue weighted by atomic mass is 9.97. The summed E-state index contributed by atoms with van der Waals surface area (Å²) in [5.41, 5.74) is 8.44. The molecule has 1 aromatic rings. The molecule has 0 aliphatic carbocycles. The fourth-order valence-electron chi connectivity index (χ4n) is 2.94. The van der Waals surface area contributed by atoms with Crippen LogP contribution in [0.4, 0.5) is 0 Å². The summed E-state index contributed by atoms with van der Waals surface area (Å²) in [5.74, 6) is 1.58. The molecule has 2 N–H and O–H groups in total. The molecule has 1 aromatic carbocycles. The zero-order valence-electron chi connectivity index (χ0n) is 12.7. The number of thioether (sulfide) groups is 1. The number of benzene rings is 1. The van der Waals surface area contributed by atoms with Crippen molar-refractivity contribution in [3.63, 3.8) is 0 Å². The fraction of sp³-hybridized carbons (Fsp3) is 0.600. The van der Waals surface area contributed by atoms with E-state index in [1.54, 1.807) is 11.8 Å². The van der Waals surface area contributed by atoms with E-state index in [-0.39, 0.29) is 6.04 Å². The van der Waals surface area contributed by atoms with Crippen molar-refractivity contribution in [3.8, 4) is 0 Å². The van der Waals surface area contributed by atoms with Crippen molar-refractivity contribution in [2.75, 3.05) is 30.9 Å². The highest BCUT2D eigenvalue weighted by molar-refractivity contribution is 8.00. The van der Waals surface area contributed by atoms with E-state index in [2.05, 4.69) is 24.0 Å². The van der Waals surface area contributed by atoms with Crippen LogP contribution in [0.3, 0.4) is 0 Å². The van der Waals surface area contributed by atoms with Gasteiger partial charge < -0.3 is 5.73 Å². The lowest BCUT2D eigenvalue weighted by molar-refractivity contribution is 0.197. The molecule has 0 amide bonds. The summed E-state index contributed by atoms with van der Waals surface area (Å²) < 4.78 is 24.2. The number of rotatable bonds is 5. The van der Waals surface area contributed by atoms with Gasteiger partial charge in [-0.15, -0.1) is 0 Å². The van der Waals surface area contributed by atoms with E-state index < -0.39 is 15.2 Å². The molecule has 0 aromatic heterocycles. The normalized spacial score (nSPS) is 22.1. The number of hydrogen-bond donors (Lipinski definition) is 1. The van der Waals surface area contributed by atoms with Crippen molar-refractivity contribution in [1.82, 2.24) is 4.90 Å². The first-order valence-corrected chi connectivity index (χ1v) is 10.4. The summed E-state index contributed by atoms with van der Waals surface area (Å²) in [5, 5.41) is -0.435. The lowest BCUT2D eigenvalue weighted by Crippen LogP contribution is -2.50. The smallest absolute Gasteiger partial charge is 0.164 e. The minimum atomic E-state index is -3.11. The SMILES string of the molecule is CCc1ccccc1C(CN)N1CCSCC1S(C)(=O)=O. The highest BCUT2D eigenvalue weighted by Gasteiger charge is 2.36. The summed E-state index contributed by atoms with van der Waals surface area (Å²) in [6, 6.07) is 8.19. The minimum absolute atomic E-state index is 0.0261. The summed E-state index contributed by atoms with van der Waals surface area (Å²) in [6.07, 6.45) is 2.26. The van der Waals surface area contributed by atoms with Crippen molar-refractivity contribution >= 4 is 21.6 Å². The van der Waals surface area contributed by atoms with Gasteiger partial charge in [-0.05, 0) is 17.5 Å². The molecule has 118 valence electrons. The molecule has 2 rings (SSSR count). The fourth-order valence-corrected chi connectivity index (χ4v) is 5.86. The second-order valence-electron chi connectivity index (χ2n) is 5.40. The zero-order chi connectivity index (χ0) is 15.5. The van der Waals surface area contributed by atoms with Crippen molar-refractivity contribution in [2.24, 2.45) is 5.73 Å². The van der Waals surface area contributed by atoms with Crippen molar-refractivity contribution < 1.29 is 8.42 Å². The van der Waals surface area contributed by atoms with Crippen LogP contribution in [0.2, 0.25) is 0 Å². The molecule has 1 aliphatic heterocycles. The van der Waals surface area contributed by atoms with Gasteiger partial charge in [-0.3, -0.25) is 4.90 Å². The molecule has 21 heavy (non-hydrogen) atoms. The Balaban J connectivity index is 2.39. The van der Waals surface area contributed by atoms with E-state index in [4.69, 9.17) is 5.73 Å². The molecule has 1 saturated heterocycles. The van der Waals surface area contributed by atoms with Crippen LogP contribution in [0.25, 0.3) is 0 Å². The molecular weight excluding hydrogens is 304 g/mol. The van der Waals surface area contributed by atoms with Crippen LogP contribution in [-0.4, -0.2) is 49.5 Å². The molecule has 1 heterocycles. The first kappa shape index (κ1) is 16.8. The van der Waals surface area contributed by atoms with Gasteiger partial charge in [0.05, 0.1) is 0 Å². The van der Waals surface area contributed by atoms with Gasteiger partial charge in [0.15, 0.2) is 9.84 Å². The molecule has 1 aliphatic rings. The molecule has 2 unspecified atom stereocenters. The van der Waals surface area contributed by atoms with Gasteiger partial charge in [-0.1, -0.05) is 31.2 Å². The monoisotopic (exact) mass is 328 g/mol.